The average Bonchev–Trinajstić information content (AvgIpc) is 2.81. The van der Waals surface area contributed by atoms with Gasteiger partial charge in [-0.2, -0.15) is 5.10 Å². The van der Waals surface area contributed by atoms with Crippen LogP contribution in [0.1, 0.15) is 26.0 Å². The highest BCUT2D eigenvalue weighted by atomic mass is 16.1. The van der Waals surface area contributed by atoms with Crippen LogP contribution in [0.5, 0.6) is 0 Å². The van der Waals surface area contributed by atoms with Gasteiger partial charge in [0.15, 0.2) is 0 Å². The molecule has 2 rings (SSSR count). The Kier molecular flexibility index (Phi) is 4.56. The molecule has 106 valence electrons. The Balaban J connectivity index is 2.25. The van der Waals surface area contributed by atoms with Gasteiger partial charge in [-0.3, -0.25) is 9.48 Å². The van der Waals surface area contributed by atoms with Crippen molar-refractivity contribution in [3.05, 3.63) is 42.6 Å². The predicted molar refractivity (Wildman–Crippen MR) is 81.2 cm³/mol. The SMILES string of the molecule is C=CC(=O)NCc1nn(CCC(C)C)c2ccccc12. The molecule has 0 atom stereocenters. The van der Waals surface area contributed by atoms with Crippen molar-refractivity contribution in [2.75, 3.05) is 0 Å². The van der Waals surface area contributed by atoms with E-state index >= 15 is 0 Å². The Bertz CT molecular complexity index is 613. The van der Waals surface area contributed by atoms with Gasteiger partial charge in [-0.15, -0.1) is 0 Å². The Morgan fingerprint density at radius 2 is 2.20 bits per heavy atom. The highest BCUT2D eigenvalue weighted by Gasteiger charge is 2.10. The molecule has 0 radical (unpaired) electrons. The number of carbonyl (C=O) groups excluding carboxylic acids is 1. The average molecular weight is 271 g/mol. The molecule has 0 unspecified atom stereocenters. The lowest BCUT2D eigenvalue weighted by molar-refractivity contribution is -0.116. The number of benzene rings is 1. The van der Waals surface area contributed by atoms with E-state index in [2.05, 4.69) is 36.9 Å². The molecule has 0 spiro atoms. The van der Waals surface area contributed by atoms with Gasteiger partial charge in [0, 0.05) is 11.9 Å². The summed E-state index contributed by atoms with van der Waals surface area (Å²) in [6.07, 6.45) is 2.36. The molecule has 1 N–H and O–H groups in total. The molecule has 0 bridgehead atoms. The molecular formula is C16H21N3O. The van der Waals surface area contributed by atoms with Crippen LogP contribution in [0.15, 0.2) is 36.9 Å². The lowest BCUT2D eigenvalue weighted by atomic mass is 10.1. The molecule has 1 amide bonds. The fourth-order valence-corrected chi connectivity index (χ4v) is 2.12. The molecule has 4 heteroatoms. The number of hydrogen-bond donors (Lipinski definition) is 1. The van der Waals surface area contributed by atoms with Crippen molar-refractivity contribution < 1.29 is 4.79 Å². The van der Waals surface area contributed by atoms with Gasteiger partial charge in [0.25, 0.3) is 0 Å². The second kappa shape index (κ2) is 6.37. The molecule has 2 aromatic rings. The Morgan fingerprint density at radius 1 is 1.45 bits per heavy atom. The van der Waals surface area contributed by atoms with Gasteiger partial charge < -0.3 is 5.32 Å². The van der Waals surface area contributed by atoms with Crippen LogP contribution < -0.4 is 5.32 Å². The van der Waals surface area contributed by atoms with Crippen molar-refractivity contribution in [3.63, 3.8) is 0 Å². The molecule has 0 aliphatic carbocycles. The molecule has 20 heavy (non-hydrogen) atoms. The van der Waals surface area contributed by atoms with E-state index in [1.54, 1.807) is 0 Å². The molecule has 1 heterocycles. The third-order valence-corrected chi connectivity index (χ3v) is 3.27. The third-order valence-electron chi connectivity index (χ3n) is 3.27. The van der Waals surface area contributed by atoms with E-state index in [0.29, 0.717) is 12.5 Å². The second-order valence-electron chi connectivity index (χ2n) is 5.29. The summed E-state index contributed by atoms with van der Waals surface area (Å²) < 4.78 is 2.03. The standard InChI is InChI=1S/C16H21N3O/c1-4-16(20)17-11-14-13-7-5-6-8-15(13)19(18-14)10-9-12(2)3/h4-8,12H,1,9-11H2,2-3H3,(H,17,20). The molecule has 0 aliphatic heterocycles. The normalized spacial score (nSPS) is 10.9. The Morgan fingerprint density at radius 3 is 2.90 bits per heavy atom. The minimum atomic E-state index is -0.175. The quantitative estimate of drug-likeness (QED) is 0.821. The van der Waals surface area contributed by atoms with Crippen LogP contribution in [0.4, 0.5) is 0 Å². The molecule has 0 fully saturated rings. The monoisotopic (exact) mass is 271 g/mol. The maximum Gasteiger partial charge on any atom is 0.243 e. The number of rotatable bonds is 6. The zero-order valence-electron chi connectivity index (χ0n) is 12.1. The van der Waals surface area contributed by atoms with E-state index in [1.165, 1.54) is 6.08 Å². The fraction of sp³-hybridized carbons (Fsp3) is 0.375. The summed E-state index contributed by atoms with van der Waals surface area (Å²) in [7, 11) is 0. The Labute approximate surface area is 119 Å². The topological polar surface area (TPSA) is 46.9 Å². The fourth-order valence-electron chi connectivity index (χ4n) is 2.12. The second-order valence-corrected chi connectivity index (χ2v) is 5.29. The summed E-state index contributed by atoms with van der Waals surface area (Å²) in [5.41, 5.74) is 2.02. The molecule has 4 nitrogen and oxygen atoms in total. The number of hydrogen-bond acceptors (Lipinski definition) is 2. The molecule has 1 aromatic carbocycles. The van der Waals surface area contributed by atoms with Crippen molar-refractivity contribution >= 4 is 16.8 Å². The van der Waals surface area contributed by atoms with Crippen molar-refractivity contribution in [2.24, 2.45) is 5.92 Å². The van der Waals surface area contributed by atoms with Gasteiger partial charge in [-0.1, -0.05) is 38.6 Å². The van der Waals surface area contributed by atoms with Crippen LogP contribution in [-0.4, -0.2) is 15.7 Å². The lowest BCUT2D eigenvalue weighted by Gasteiger charge is -2.05. The zero-order chi connectivity index (χ0) is 14.5. The molecule has 0 saturated heterocycles. The zero-order valence-corrected chi connectivity index (χ0v) is 12.1. The number of amides is 1. The molecular weight excluding hydrogens is 250 g/mol. The van der Waals surface area contributed by atoms with Gasteiger partial charge in [0.05, 0.1) is 17.8 Å². The van der Waals surface area contributed by atoms with Crippen LogP contribution in [0.2, 0.25) is 0 Å². The van der Waals surface area contributed by atoms with Gasteiger partial charge in [-0.25, -0.2) is 0 Å². The van der Waals surface area contributed by atoms with Crippen molar-refractivity contribution in [3.8, 4) is 0 Å². The number of nitrogens with zero attached hydrogens (tertiary/aromatic N) is 2. The first-order chi connectivity index (χ1) is 9.61. The smallest absolute Gasteiger partial charge is 0.243 e. The first kappa shape index (κ1) is 14.3. The van der Waals surface area contributed by atoms with E-state index in [9.17, 15) is 4.79 Å². The molecule has 0 saturated carbocycles. The predicted octanol–water partition coefficient (Wildman–Crippen LogP) is 2.88. The maximum atomic E-state index is 11.3. The number of aromatic nitrogens is 2. The number of carbonyl (C=O) groups is 1. The van der Waals surface area contributed by atoms with E-state index in [4.69, 9.17) is 0 Å². The van der Waals surface area contributed by atoms with E-state index < -0.39 is 0 Å². The maximum absolute atomic E-state index is 11.3. The van der Waals surface area contributed by atoms with E-state index in [0.717, 1.165) is 29.6 Å². The van der Waals surface area contributed by atoms with Gasteiger partial charge in [0.1, 0.15) is 0 Å². The minimum Gasteiger partial charge on any atom is -0.347 e. The van der Waals surface area contributed by atoms with Crippen molar-refractivity contribution in [1.29, 1.82) is 0 Å². The minimum absolute atomic E-state index is 0.175. The molecule has 1 aromatic heterocycles. The highest BCUT2D eigenvalue weighted by molar-refractivity contribution is 5.87. The first-order valence-electron chi connectivity index (χ1n) is 6.96. The number of aryl methyl sites for hydroxylation is 1. The van der Waals surface area contributed by atoms with Crippen LogP contribution in [0.3, 0.4) is 0 Å². The summed E-state index contributed by atoms with van der Waals surface area (Å²) in [6, 6.07) is 8.13. The van der Waals surface area contributed by atoms with E-state index in [1.807, 2.05) is 22.9 Å². The Hall–Kier alpha value is -2.10. The number of para-hydroxylation sites is 1. The van der Waals surface area contributed by atoms with Crippen molar-refractivity contribution in [1.82, 2.24) is 15.1 Å². The van der Waals surface area contributed by atoms with Crippen LogP contribution in [-0.2, 0) is 17.9 Å². The lowest BCUT2D eigenvalue weighted by Crippen LogP contribution is -2.20. The first-order valence-corrected chi connectivity index (χ1v) is 6.96. The van der Waals surface area contributed by atoms with E-state index in [-0.39, 0.29) is 5.91 Å². The summed E-state index contributed by atoms with van der Waals surface area (Å²) in [4.78, 5) is 11.3. The summed E-state index contributed by atoms with van der Waals surface area (Å²) >= 11 is 0. The van der Waals surface area contributed by atoms with Crippen LogP contribution in [0.25, 0.3) is 10.9 Å². The van der Waals surface area contributed by atoms with Crippen LogP contribution in [0, 0.1) is 5.92 Å². The summed E-state index contributed by atoms with van der Waals surface area (Å²) in [5.74, 6) is 0.465. The van der Waals surface area contributed by atoms with Gasteiger partial charge in [-0.05, 0) is 24.5 Å². The van der Waals surface area contributed by atoms with Crippen LogP contribution >= 0.6 is 0 Å². The van der Waals surface area contributed by atoms with Crippen molar-refractivity contribution in [2.45, 2.75) is 33.4 Å². The number of fused-ring (bicyclic) bond motifs is 1. The third kappa shape index (κ3) is 3.26. The number of nitrogens with one attached hydrogen (secondary N) is 1. The molecule has 0 aliphatic rings. The summed E-state index contributed by atoms with van der Waals surface area (Å²) in [5, 5.41) is 8.52. The summed E-state index contributed by atoms with van der Waals surface area (Å²) in [6.45, 7) is 9.19. The largest absolute Gasteiger partial charge is 0.347 e. The highest BCUT2D eigenvalue weighted by Crippen LogP contribution is 2.19. The van der Waals surface area contributed by atoms with Gasteiger partial charge >= 0.3 is 0 Å². The van der Waals surface area contributed by atoms with Gasteiger partial charge in [0.2, 0.25) is 5.91 Å².